The summed E-state index contributed by atoms with van der Waals surface area (Å²) >= 11 is 0. The minimum Gasteiger partial charge on any atom is -0.496 e. The Balaban J connectivity index is 2.42. The highest BCUT2D eigenvalue weighted by molar-refractivity contribution is 5.38. The number of methoxy groups -OCH3 is 1. The summed E-state index contributed by atoms with van der Waals surface area (Å²) in [6.45, 7) is 4.44. The van der Waals surface area contributed by atoms with E-state index >= 15 is 0 Å². The molecular weight excluding hydrogens is 264 g/mol. The first-order valence-corrected chi connectivity index (χ1v) is 7.07. The molecule has 0 aliphatic rings. The van der Waals surface area contributed by atoms with Crippen molar-refractivity contribution >= 4 is 0 Å². The molecule has 0 amide bonds. The van der Waals surface area contributed by atoms with Crippen LogP contribution in [-0.2, 0) is 6.54 Å². The van der Waals surface area contributed by atoms with Crippen LogP contribution in [0.15, 0.2) is 41.3 Å². The summed E-state index contributed by atoms with van der Waals surface area (Å²) in [4.78, 5) is 12.2. The van der Waals surface area contributed by atoms with Crippen molar-refractivity contribution in [2.45, 2.75) is 26.4 Å². The molecule has 0 aliphatic heterocycles. The largest absolute Gasteiger partial charge is 0.496 e. The number of hydrogen-bond acceptors (Lipinski definition) is 3. The van der Waals surface area contributed by atoms with Crippen LogP contribution < -0.4 is 15.6 Å². The van der Waals surface area contributed by atoms with E-state index in [4.69, 9.17) is 4.74 Å². The van der Waals surface area contributed by atoms with Crippen molar-refractivity contribution in [2.75, 3.05) is 14.2 Å². The average molecular weight is 286 g/mol. The summed E-state index contributed by atoms with van der Waals surface area (Å²) in [7, 11) is 3.58. The van der Waals surface area contributed by atoms with Gasteiger partial charge in [-0.15, -0.1) is 0 Å². The van der Waals surface area contributed by atoms with Gasteiger partial charge < -0.3 is 14.6 Å². The van der Waals surface area contributed by atoms with Gasteiger partial charge in [-0.25, -0.2) is 0 Å². The van der Waals surface area contributed by atoms with Gasteiger partial charge in [0, 0.05) is 23.4 Å². The number of aryl methyl sites for hydroxylation is 1. The third kappa shape index (κ3) is 3.34. The summed E-state index contributed by atoms with van der Waals surface area (Å²) < 4.78 is 7.13. The molecule has 4 heteroatoms. The number of benzene rings is 1. The fourth-order valence-electron chi connectivity index (χ4n) is 2.32. The van der Waals surface area contributed by atoms with Gasteiger partial charge in [0.25, 0.3) is 5.56 Å². The van der Waals surface area contributed by atoms with Crippen molar-refractivity contribution < 1.29 is 4.74 Å². The van der Waals surface area contributed by atoms with E-state index < -0.39 is 0 Å². The van der Waals surface area contributed by atoms with Crippen LogP contribution in [0.5, 0.6) is 5.75 Å². The van der Waals surface area contributed by atoms with E-state index in [-0.39, 0.29) is 11.6 Å². The molecule has 1 aromatic carbocycles. The minimum atomic E-state index is 0.0339. The quantitative estimate of drug-likeness (QED) is 0.918. The monoisotopic (exact) mass is 286 g/mol. The van der Waals surface area contributed by atoms with E-state index in [0.717, 1.165) is 16.9 Å². The van der Waals surface area contributed by atoms with E-state index in [1.54, 1.807) is 11.7 Å². The molecule has 0 saturated heterocycles. The molecule has 0 radical (unpaired) electrons. The van der Waals surface area contributed by atoms with Gasteiger partial charge in [0.2, 0.25) is 0 Å². The van der Waals surface area contributed by atoms with E-state index in [2.05, 4.69) is 18.3 Å². The number of rotatable bonds is 5. The van der Waals surface area contributed by atoms with E-state index in [1.165, 1.54) is 5.56 Å². The Bertz CT molecular complexity index is 677. The Morgan fingerprint density at radius 2 is 2.10 bits per heavy atom. The van der Waals surface area contributed by atoms with Crippen LogP contribution >= 0.6 is 0 Å². The first-order valence-electron chi connectivity index (χ1n) is 7.07. The minimum absolute atomic E-state index is 0.0339. The van der Waals surface area contributed by atoms with Gasteiger partial charge in [-0.1, -0.05) is 12.1 Å². The van der Waals surface area contributed by atoms with Crippen molar-refractivity contribution in [3.05, 3.63) is 63.6 Å². The molecule has 1 aromatic heterocycles. The van der Waals surface area contributed by atoms with Crippen molar-refractivity contribution in [2.24, 2.45) is 0 Å². The first kappa shape index (κ1) is 15.3. The summed E-state index contributed by atoms with van der Waals surface area (Å²) in [5.74, 6) is 0.801. The molecule has 1 N–H and O–H groups in total. The molecule has 2 aromatic rings. The molecule has 0 spiro atoms. The van der Waals surface area contributed by atoms with E-state index in [0.29, 0.717) is 6.54 Å². The number of nitrogens with one attached hydrogen (secondary N) is 1. The molecule has 0 aliphatic carbocycles. The highest BCUT2D eigenvalue weighted by atomic mass is 16.5. The fourth-order valence-corrected chi connectivity index (χ4v) is 2.32. The van der Waals surface area contributed by atoms with Crippen LogP contribution in [0, 0.1) is 6.92 Å². The highest BCUT2D eigenvalue weighted by Crippen LogP contribution is 2.23. The second-order valence-electron chi connectivity index (χ2n) is 5.21. The van der Waals surface area contributed by atoms with Crippen LogP contribution in [0.3, 0.4) is 0 Å². The highest BCUT2D eigenvalue weighted by Gasteiger charge is 2.10. The number of aromatic nitrogens is 1. The van der Waals surface area contributed by atoms with Crippen LogP contribution in [0.25, 0.3) is 0 Å². The summed E-state index contributed by atoms with van der Waals surface area (Å²) in [6.07, 6.45) is 1.81. The Hall–Kier alpha value is -2.07. The average Bonchev–Trinajstić information content (AvgIpc) is 2.51. The fraction of sp³-hybridized carbons (Fsp3) is 0.353. The maximum absolute atomic E-state index is 12.2. The van der Waals surface area contributed by atoms with Crippen LogP contribution in [0.1, 0.15) is 29.7 Å². The van der Waals surface area contributed by atoms with Gasteiger partial charge in [0.1, 0.15) is 5.75 Å². The van der Waals surface area contributed by atoms with Crippen LogP contribution in [0.4, 0.5) is 0 Å². The molecule has 1 heterocycles. The zero-order valence-electron chi connectivity index (χ0n) is 13.0. The molecule has 1 atom stereocenters. The first-order chi connectivity index (χ1) is 10.1. The van der Waals surface area contributed by atoms with Gasteiger partial charge in [0.05, 0.1) is 13.7 Å². The van der Waals surface area contributed by atoms with Crippen molar-refractivity contribution in [1.82, 2.24) is 9.88 Å². The molecule has 4 nitrogen and oxygen atoms in total. The lowest BCUT2D eigenvalue weighted by Gasteiger charge is -2.16. The predicted molar refractivity (Wildman–Crippen MR) is 85.0 cm³/mol. The Morgan fingerprint density at radius 1 is 1.33 bits per heavy atom. The standard InChI is InChI=1S/C17H22N2O2/c1-12-6-5-9-19(17(12)20)11-15-10-14(13(2)18-3)7-8-16(15)21-4/h5-10,13,18H,11H2,1-4H3. The third-order valence-electron chi connectivity index (χ3n) is 3.79. The zero-order valence-corrected chi connectivity index (χ0v) is 13.0. The molecular formula is C17H22N2O2. The Kier molecular flexibility index (Phi) is 4.81. The van der Waals surface area contributed by atoms with Crippen molar-refractivity contribution in [3.8, 4) is 5.75 Å². The van der Waals surface area contributed by atoms with Crippen LogP contribution in [-0.4, -0.2) is 18.7 Å². The Labute approximate surface area is 125 Å². The molecule has 112 valence electrons. The molecule has 21 heavy (non-hydrogen) atoms. The van der Waals surface area contributed by atoms with Crippen molar-refractivity contribution in [1.29, 1.82) is 0 Å². The molecule has 2 rings (SSSR count). The van der Waals surface area contributed by atoms with E-state index in [1.807, 2.05) is 44.4 Å². The molecule has 0 bridgehead atoms. The predicted octanol–water partition coefficient (Wildman–Crippen LogP) is 2.49. The topological polar surface area (TPSA) is 43.3 Å². The number of ether oxygens (including phenoxy) is 1. The lowest BCUT2D eigenvalue weighted by Crippen LogP contribution is -2.22. The van der Waals surface area contributed by atoms with Gasteiger partial charge in [-0.2, -0.15) is 0 Å². The molecule has 0 fully saturated rings. The van der Waals surface area contributed by atoms with Crippen molar-refractivity contribution in [3.63, 3.8) is 0 Å². The maximum atomic E-state index is 12.2. The lowest BCUT2D eigenvalue weighted by molar-refractivity contribution is 0.407. The third-order valence-corrected chi connectivity index (χ3v) is 3.79. The van der Waals surface area contributed by atoms with Gasteiger partial charge >= 0.3 is 0 Å². The second-order valence-corrected chi connectivity index (χ2v) is 5.21. The Morgan fingerprint density at radius 3 is 2.76 bits per heavy atom. The molecule has 1 unspecified atom stereocenters. The maximum Gasteiger partial charge on any atom is 0.253 e. The molecule has 0 saturated carbocycles. The SMILES string of the molecule is CNC(C)c1ccc(OC)c(Cn2cccc(C)c2=O)c1. The van der Waals surface area contributed by atoms with Gasteiger partial charge in [0.15, 0.2) is 0 Å². The second kappa shape index (κ2) is 6.59. The van der Waals surface area contributed by atoms with Gasteiger partial charge in [-0.05, 0) is 44.7 Å². The number of nitrogens with zero attached hydrogens (tertiary/aromatic N) is 1. The summed E-state index contributed by atoms with van der Waals surface area (Å²) in [6, 6.07) is 10.1. The number of pyridine rings is 1. The van der Waals surface area contributed by atoms with Gasteiger partial charge in [-0.3, -0.25) is 4.79 Å². The smallest absolute Gasteiger partial charge is 0.253 e. The van der Waals surface area contributed by atoms with E-state index in [9.17, 15) is 4.79 Å². The normalized spacial score (nSPS) is 12.2. The summed E-state index contributed by atoms with van der Waals surface area (Å²) in [5, 5.41) is 3.22. The van der Waals surface area contributed by atoms with Crippen LogP contribution in [0.2, 0.25) is 0 Å². The summed E-state index contributed by atoms with van der Waals surface area (Å²) in [5.41, 5.74) is 2.96. The lowest BCUT2D eigenvalue weighted by atomic mass is 10.0. The number of hydrogen-bond donors (Lipinski definition) is 1. The zero-order chi connectivity index (χ0) is 15.4.